The molecule has 0 aromatic carbocycles. The quantitative estimate of drug-likeness (QED) is 0.359. The summed E-state index contributed by atoms with van der Waals surface area (Å²) in [6.07, 6.45) is 2.00. The zero-order valence-electron chi connectivity index (χ0n) is 9.57. The number of nitro groups is 1. The van der Waals surface area contributed by atoms with Gasteiger partial charge >= 0.3 is 5.82 Å². The van der Waals surface area contributed by atoms with Crippen molar-refractivity contribution >= 4 is 5.82 Å². The first-order valence-corrected chi connectivity index (χ1v) is 5.17. The number of nitrogens with one attached hydrogen (secondary N) is 1. The van der Waals surface area contributed by atoms with E-state index in [0.29, 0.717) is 19.7 Å². The summed E-state index contributed by atoms with van der Waals surface area (Å²) in [5.74, 6) is -0.218. The Morgan fingerprint density at radius 1 is 1.76 bits per heavy atom. The SMILES string of the molecule is COCCNCC(O)Cn1cnc([N+](=O)[O-])c1. The van der Waals surface area contributed by atoms with Gasteiger partial charge in [-0.15, -0.1) is 0 Å². The minimum atomic E-state index is -0.624. The van der Waals surface area contributed by atoms with E-state index in [2.05, 4.69) is 10.3 Å². The van der Waals surface area contributed by atoms with Crippen LogP contribution in [0.3, 0.4) is 0 Å². The minimum absolute atomic E-state index is 0.218. The summed E-state index contributed by atoms with van der Waals surface area (Å²) in [6.45, 7) is 1.89. The van der Waals surface area contributed by atoms with Crippen molar-refractivity contribution in [3.05, 3.63) is 22.6 Å². The van der Waals surface area contributed by atoms with Crippen LogP contribution in [0.25, 0.3) is 0 Å². The second-order valence-electron chi connectivity index (χ2n) is 3.54. The van der Waals surface area contributed by atoms with Crippen LogP contribution in [0.15, 0.2) is 12.5 Å². The molecule has 0 radical (unpaired) electrons. The number of nitrogens with zero attached hydrogens (tertiary/aromatic N) is 3. The summed E-state index contributed by atoms with van der Waals surface area (Å²) in [4.78, 5) is 13.4. The van der Waals surface area contributed by atoms with Gasteiger partial charge in [0, 0.05) is 20.2 Å². The maximum absolute atomic E-state index is 10.4. The monoisotopic (exact) mass is 244 g/mol. The van der Waals surface area contributed by atoms with Crippen LogP contribution in [0.2, 0.25) is 0 Å². The molecule has 0 amide bonds. The Hall–Kier alpha value is -1.51. The fourth-order valence-corrected chi connectivity index (χ4v) is 1.29. The number of imidazole rings is 1. The summed E-state index contributed by atoms with van der Waals surface area (Å²) < 4.78 is 6.32. The highest BCUT2D eigenvalue weighted by molar-refractivity contribution is 5.12. The Labute approximate surface area is 98.4 Å². The molecule has 0 spiro atoms. The van der Waals surface area contributed by atoms with Gasteiger partial charge < -0.3 is 29.8 Å². The summed E-state index contributed by atoms with van der Waals surface area (Å²) >= 11 is 0. The summed E-state index contributed by atoms with van der Waals surface area (Å²) in [5, 5.41) is 23.0. The van der Waals surface area contributed by atoms with E-state index in [-0.39, 0.29) is 12.4 Å². The van der Waals surface area contributed by atoms with E-state index in [1.54, 1.807) is 7.11 Å². The Kier molecular flexibility index (Phi) is 5.53. The molecule has 1 aromatic heterocycles. The van der Waals surface area contributed by atoms with Gasteiger partial charge in [-0.3, -0.25) is 0 Å². The molecule has 0 aliphatic rings. The lowest BCUT2D eigenvalue weighted by Gasteiger charge is -2.11. The first-order chi connectivity index (χ1) is 8.13. The van der Waals surface area contributed by atoms with E-state index < -0.39 is 11.0 Å². The lowest BCUT2D eigenvalue weighted by molar-refractivity contribution is -0.389. The van der Waals surface area contributed by atoms with Crippen LogP contribution < -0.4 is 5.32 Å². The first-order valence-electron chi connectivity index (χ1n) is 5.17. The summed E-state index contributed by atoms with van der Waals surface area (Å²) in [6, 6.07) is 0. The Morgan fingerprint density at radius 3 is 3.12 bits per heavy atom. The first kappa shape index (κ1) is 13.6. The molecule has 0 saturated carbocycles. The number of aromatic nitrogens is 2. The molecule has 0 aliphatic carbocycles. The van der Waals surface area contributed by atoms with Gasteiger partial charge in [0.15, 0.2) is 0 Å². The van der Waals surface area contributed by atoms with E-state index in [0.717, 1.165) is 0 Å². The third-order valence-electron chi connectivity index (χ3n) is 2.09. The lowest BCUT2D eigenvalue weighted by Crippen LogP contribution is -2.31. The van der Waals surface area contributed by atoms with Crippen LogP contribution in [0.1, 0.15) is 0 Å². The zero-order valence-corrected chi connectivity index (χ0v) is 9.57. The smallest absolute Gasteiger partial charge is 0.381 e. The third-order valence-corrected chi connectivity index (χ3v) is 2.09. The molecule has 96 valence electrons. The second-order valence-corrected chi connectivity index (χ2v) is 3.54. The molecule has 1 aromatic rings. The van der Waals surface area contributed by atoms with Gasteiger partial charge in [-0.1, -0.05) is 0 Å². The van der Waals surface area contributed by atoms with Crippen LogP contribution in [-0.4, -0.2) is 52.5 Å². The molecule has 0 saturated heterocycles. The molecule has 1 unspecified atom stereocenters. The maximum Gasteiger partial charge on any atom is 0.381 e. The molecule has 0 aliphatic heterocycles. The molecule has 1 atom stereocenters. The zero-order chi connectivity index (χ0) is 12.7. The number of hydrogen-bond acceptors (Lipinski definition) is 6. The number of rotatable bonds is 8. The molecule has 17 heavy (non-hydrogen) atoms. The number of aliphatic hydroxyl groups is 1. The van der Waals surface area contributed by atoms with Gasteiger partial charge in [0.25, 0.3) is 0 Å². The van der Waals surface area contributed by atoms with Crippen molar-refractivity contribution < 1.29 is 14.8 Å². The fraction of sp³-hybridized carbons (Fsp3) is 0.667. The average molecular weight is 244 g/mol. The highest BCUT2D eigenvalue weighted by atomic mass is 16.6. The molecular formula is C9H16N4O4. The van der Waals surface area contributed by atoms with Crippen molar-refractivity contribution in [3.8, 4) is 0 Å². The average Bonchev–Trinajstić information content (AvgIpc) is 2.73. The third kappa shape index (κ3) is 4.89. The van der Waals surface area contributed by atoms with Crippen LogP contribution >= 0.6 is 0 Å². The second kappa shape index (κ2) is 6.94. The molecule has 1 heterocycles. The Morgan fingerprint density at radius 2 is 2.53 bits per heavy atom. The van der Waals surface area contributed by atoms with Crippen molar-refractivity contribution in [3.63, 3.8) is 0 Å². The highest BCUT2D eigenvalue weighted by Crippen LogP contribution is 2.05. The van der Waals surface area contributed by atoms with E-state index in [4.69, 9.17) is 4.74 Å². The van der Waals surface area contributed by atoms with Crippen molar-refractivity contribution in [2.24, 2.45) is 0 Å². The predicted octanol–water partition coefficient (Wildman–Crippen LogP) is -0.612. The van der Waals surface area contributed by atoms with Gasteiger partial charge in [-0.2, -0.15) is 0 Å². The van der Waals surface area contributed by atoms with Crippen LogP contribution in [0.5, 0.6) is 0 Å². The summed E-state index contributed by atoms with van der Waals surface area (Å²) in [7, 11) is 1.60. The van der Waals surface area contributed by atoms with E-state index in [1.807, 2.05) is 0 Å². The van der Waals surface area contributed by atoms with Gasteiger partial charge in [0.2, 0.25) is 6.33 Å². The molecule has 0 fully saturated rings. The molecule has 8 nitrogen and oxygen atoms in total. The minimum Gasteiger partial charge on any atom is -0.390 e. The topological polar surface area (TPSA) is 102 Å². The Balaban J connectivity index is 2.29. The number of methoxy groups -OCH3 is 1. The molecule has 1 rings (SSSR count). The number of aliphatic hydroxyl groups excluding tert-OH is 1. The van der Waals surface area contributed by atoms with Gasteiger partial charge in [-0.05, 0) is 9.91 Å². The number of ether oxygens (including phenoxy) is 1. The van der Waals surface area contributed by atoms with Crippen molar-refractivity contribution in [2.75, 3.05) is 26.8 Å². The molecule has 0 bridgehead atoms. The summed E-state index contributed by atoms with van der Waals surface area (Å²) in [5.41, 5.74) is 0. The van der Waals surface area contributed by atoms with Crippen LogP contribution in [0, 0.1) is 10.1 Å². The predicted molar refractivity (Wildman–Crippen MR) is 59.6 cm³/mol. The van der Waals surface area contributed by atoms with E-state index in [1.165, 1.54) is 17.1 Å². The van der Waals surface area contributed by atoms with Crippen molar-refractivity contribution in [1.82, 2.24) is 14.9 Å². The van der Waals surface area contributed by atoms with Gasteiger partial charge in [0.1, 0.15) is 6.20 Å². The largest absolute Gasteiger partial charge is 0.390 e. The number of hydrogen-bond donors (Lipinski definition) is 2. The molecule has 2 N–H and O–H groups in total. The highest BCUT2D eigenvalue weighted by Gasteiger charge is 2.12. The van der Waals surface area contributed by atoms with E-state index >= 15 is 0 Å². The fourth-order valence-electron chi connectivity index (χ4n) is 1.29. The van der Waals surface area contributed by atoms with Gasteiger partial charge in [0.05, 0.1) is 19.3 Å². The molecule has 8 heteroatoms. The van der Waals surface area contributed by atoms with Crippen molar-refractivity contribution in [2.45, 2.75) is 12.6 Å². The van der Waals surface area contributed by atoms with Crippen LogP contribution in [-0.2, 0) is 11.3 Å². The van der Waals surface area contributed by atoms with E-state index in [9.17, 15) is 15.2 Å². The lowest BCUT2D eigenvalue weighted by atomic mass is 10.3. The molecular weight excluding hydrogens is 228 g/mol. The van der Waals surface area contributed by atoms with Gasteiger partial charge in [-0.25, -0.2) is 0 Å². The maximum atomic E-state index is 10.4. The van der Waals surface area contributed by atoms with Crippen LogP contribution in [0.4, 0.5) is 5.82 Å². The standard InChI is InChI=1S/C9H16N4O4/c1-17-3-2-10-4-8(14)5-12-6-9(11-7-12)13(15)16/h6-8,10,14H,2-5H2,1H3. The Bertz CT molecular complexity index is 355. The normalized spacial score (nSPS) is 12.6. The van der Waals surface area contributed by atoms with Crippen molar-refractivity contribution in [1.29, 1.82) is 0 Å².